The molecule has 2 N–H and O–H groups in total. The van der Waals surface area contributed by atoms with Crippen molar-refractivity contribution in [1.82, 2.24) is 0 Å². The number of hydrogen-bond donors (Lipinski definition) is 1. The van der Waals surface area contributed by atoms with Crippen molar-refractivity contribution in [3.8, 4) is 0 Å². The van der Waals surface area contributed by atoms with Crippen molar-refractivity contribution in [2.45, 2.75) is 9.72 Å². The molecule has 0 aromatic heterocycles. The molecule has 0 saturated carbocycles. The van der Waals surface area contributed by atoms with Gasteiger partial charge in [0.1, 0.15) is 10.6 Å². The molecular weight excluding hydrogens is 361 g/mol. The van der Waals surface area contributed by atoms with Crippen LogP contribution in [0, 0.1) is 5.82 Å². The number of ketones is 1. The van der Waals surface area contributed by atoms with Crippen molar-refractivity contribution in [2.75, 3.05) is 0 Å². The van der Waals surface area contributed by atoms with Gasteiger partial charge in [0, 0.05) is 5.56 Å². The summed E-state index contributed by atoms with van der Waals surface area (Å²) in [5.74, 6) is -0.817. The first-order valence-electron chi connectivity index (χ1n) is 5.85. The van der Waals surface area contributed by atoms with Crippen LogP contribution in [-0.4, -0.2) is 14.2 Å². The predicted octanol–water partition coefficient (Wildman–Crippen LogP) is 2.79. The highest BCUT2D eigenvalue weighted by atomic mass is 79.9. The van der Waals surface area contributed by atoms with E-state index in [-0.39, 0.29) is 16.2 Å². The summed E-state index contributed by atoms with van der Waals surface area (Å²) in [7, 11) is -3.77. The molecule has 7 heteroatoms. The molecule has 0 aliphatic rings. The van der Waals surface area contributed by atoms with E-state index in [1.54, 1.807) is 0 Å². The van der Waals surface area contributed by atoms with Gasteiger partial charge in [0.2, 0.25) is 10.0 Å². The van der Waals surface area contributed by atoms with Gasteiger partial charge in [-0.25, -0.2) is 17.9 Å². The number of carbonyl (C=O) groups excluding carboxylic acids is 1. The van der Waals surface area contributed by atoms with Gasteiger partial charge in [-0.1, -0.05) is 40.2 Å². The molecule has 21 heavy (non-hydrogen) atoms. The number of Topliss-reactive ketones (excluding diaryl/α,β-unsaturated/α-hetero) is 1. The monoisotopic (exact) mass is 371 g/mol. The summed E-state index contributed by atoms with van der Waals surface area (Å²) in [6.45, 7) is 0. The average Bonchev–Trinajstić information content (AvgIpc) is 2.45. The van der Waals surface area contributed by atoms with E-state index in [0.29, 0.717) is 5.56 Å². The van der Waals surface area contributed by atoms with Crippen LogP contribution in [0.5, 0.6) is 0 Å². The van der Waals surface area contributed by atoms with Crippen LogP contribution in [0.3, 0.4) is 0 Å². The first-order chi connectivity index (χ1) is 9.79. The Labute approximate surface area is 130 Å². The minimum Gasteiger partial charge on any atom is -0.293 e. The quantitative estimate of drug-likeness (QED) is 0.662. The van der Waals surface area contributed by atoms with Crippen LogP contribution in [0.15, 0.2) is 53.4 Å². The lowest BCUT2D eigenvalue weighted by Crippen LogP contribution is -2.12. The maximum Gasteiger partial charge on any atom is 0.238 e. The standard InChI is InChI=1S/C14H11BrFNO3S/c15-13(14(18)10-2-1-3-11(16)8-10)9-4-6-12(7-5-9)21(17,19)20/h1-8,13H,(H2,17,19,20). The van der Waals surface area contributed by atoms with Gasteiger partial charge in [0.05, 0.1) is 4.90 Å². The van der Waals surface area contributed by atoms with Crippen molar-refractivity contribution in [2.24, 2.45) is 5.14 Å². The molecule has 2 rings (SSSR count). The van der Waals surface area contributed by atoms with Crippen LogP contribution in [0.25, 0.3) is 0 Å². The number of hydrogen-bond acceptors (Lipinski definition) is 3. The fourth-order valence-corrected chi connectivity index (χ4v) is 2.85. The zero-order valence-electron chi connectivity index (χ0n) is 10.7. The summed E-state index contributed by atoms with van der Waals surface area (Å²) < 4.78 is 35.5. The first kappa shape index (κ1) is 15.8. The zero-order chi connectivity index (χ0) is 15.6. The van der Waals surface area contributed by atoms with Gasteiger partial charge in [-0.05, 0) is 29.8 Å². The minimum absolute atomic E-state index is 0.0378. The SMILES string of the molecule is NS(=O)(=O)c1ccc(C(Br)C(=O)c2cccc(F)c2)cc1. The summed E-state index contributed by atoms with van der Waals surface area (Å²) in [6.07, 6.45) is 0. The second-order valence-electron chi connectivity index (χ2n) is 4.35. The van der Waals surface area contributed by atoms with E-state index in [0.717, 1.165) is 6.07 Å². The molecular formula is C14H11BrFNO3S. The minimum atomic E-state index is -3.77. The third-order valence-electron chi connectivity index (χ3n) is 2.84. The Bertz CT molecular complexity index is 775. The highest BCUT2D eigenvalue weighted by molar-refractivity contribution is 9.09. The van der Waals surface area contributed by atoms with Gasteiger partial charge >= 0.3 is 0 Å². The van der Waals surface area contributed by atoms with Gasteiger partial charge in [-0.3, -0.25) is 4.79 Å². The molecule has 0 amide bonds. The molecule has 2 aromatic rings. The molecule has 1 unspecified atom stereocenters. The van der Waals surface area contributed by atoms with E-state index < -0.39 is 20.7 Å². The zero-order valence-corrected chi connectivity index (χ0v) is 13.1. The fourth-order valence-electron chi connectivity index (χ4n) is 1.77. The third kappa shape index (κ3) is 3.75. The molecule has 0 fully saturated rings. The van der Waals surface area contributed by atoms with Gasteiger partial charge < -0.3 is 0 Å². The number of benzene rings is 2. The maximum atomic E-state index is 13.1. The van der Waals surface area contributed by atoms with E-state index in [9.17, 15) is 17.6 Å². The normalized spacial score (nSPS) is 12.9. The van der Waals surface area contributed by atoms with E-state index in [1.165, 1.54) is 42.5 Å². The average molecular weight is 372 g/mol. The molecule has 0 aliphatic heterocycles. The second-order valence-corrected chi connectivity index (χ2v) is 6.83. The van der Waals surface area contributed by atoms with Crippen molar-refractivity contribution >= 4 is 31.7 Å². The Balaban J connectivity index is 2.28. The molecule has 0 bridgehead atoms. The first-order valence-corrected chi connectivity index (χ1v) is 8.32. The Kier molecular flexibility index (Phi) is 4.55. The topological polar surface area (TPSA) is 77.2 Å². The van der Waals surface area contributed by atoms with Crippen molar-refractivity contribution < 1.29 is 17.6 Å². The molecule has 0 heterocycles. The van der Waals surface area contributed by atoms with Gasteiger partial charge in [-0.2, -0.15) is 0 Å². The van der Waals surface area contributed by atoms with Crippen LogP contribution in [0.1, 0.15) is 20.7 Å². The maximum absolute atomic E-state index is 13.1. The molecule has 1 atom stereocenters. The van der Waals surface area contributed by atoms with Crippen LogP contribution in [0.4, 0.5) is 4.39 Å². The van der Waals surface area contributed by atoms with E-state index in [1.807, 2.05) is 0 Å². The van der Waals surface area contributed by atoms with E-state index >= 15 is 0 Å². The molecule has 110 valence electrons. The molecule has 4 nitrogen and oxygen atoms in total. The lowest BCUT2D eigenvalue weighted by Gasteiger charge is -2.10. The molecule has 0 saturated heterocycles. The van der Waals surface area contributed by atoms with E-state index in [4.69, 9.17) is 5.14 Å². The number of rotatable bonds is 4. The lowest BCUT2D eigenvalue weighted by atomic mass is 10.0. The van der Waals surface area contributed by atoms with Crippen LogP contribution < -0.4 is 5.14 Å². The smallest absolute Gasteiger partial charge is 0.238 e. The van der Waals surface area contributed by atoms with Crippen LogP contribution >= 0.6 is 15.9 Å². The molecule has 0 spiro atoms. The second kappa shape index (κ2) is 6.05. The highest BCUT2D eigenvalue weighted by Gasteiger charge is 2.20. The van der Waals surface area contributed by atoms with Gasteiger partial charge in [0.15, 0.2) is 5.78 Å². The van der Waals surface area contributed by atoms with Gasteiger partial charge in [0.25, 0.3) is 0 Å². The number of halogens is 2. The van der Waals surface area contributed by atoms with Crippen molar-refractivity contribution in [1.29, 1.82) is 0 Å². The summed E-state index contributed by atoms with van der Waals surface area (Å²) in [5, 5.41) is 5.00. The fraction of sp³-hybridized carbons (Fsp3) is 0.0714. The lowest BCUT2D eigenvalue weighted by molar-refractivity contribution is 0.0991. The number of nitrogens with two attached hydrogens (primary N) is 1. The number of sulfonamides is 1. The third-order valence-corrected chi connectivity index (χ3v) is 4.71. The summed E-state index contributed by atoms with van der Waals surface area (Å²) in [4.78, 5) is 11.5. The summed E-state index contributed by atoms with van der Waals surface area (Å²) in [6, 6.07) is 11.0. The largest absolute Gasteiger partial charge is 0.293 e. The van der Waals surface area contributed by atoms with Crippen LogP contribution in [0.2, 0.25) is 0 Å². The Hall–Kier alpha value is -1.57. The Morgan fingerprint density at radius 2 is 1.76 bits per heavy atom. The van der Waals surface area contributed by atoms with Gasteiger partial charge in [-0.15, -0.1) is 0 Å². The molecule has 0 aliphatic carbocycles. The van der Waals surface area contributed by atoms with Crippen LogP contribution in [-0.2, 0) is 10.0 Å². The number of primary sulfonamides is 1. The summed E-state index contributed by atoms with van der Waals surface area (Å²) in [5.41, 5.74) is 0.782. The van der Waals surface area contributed by atoms with Crippen molar-refractivity contribution in [3.63, 3.8) is 0 Å². The molecule has 2 aromatic carbocycles. The van der Waals surface area contributed by atoms with Crippen molar-refractivity contribution in [3.05, 3.63) is 65.5 Å². The Morgan fingerprint density at radius 1 is 1.14 bits per heavy atom. The molecule has 0 radical (unpaired) electrons. The summed E-state index contributed by atoms with van der Waals surface area (Å²) >= 11 is 3.23. The number of alkyl halides is 1. The van der Waals surface area contributed by atoms with E-state index in [2.05, 4.69) is 15.9 Å². The highest BCUT2D eigenvalue weighted by Crippen LogP contribution is 2.28. The number of carbonyl (C=O) groups is 1. The Morgan fingerprint density at radius 3 is 2.29 bits per heavy atom. The predicted molar refractivity (Wildman–Crippen MR) is 80.2 cm³/mol.